The highest BCUT2D eigenvalue weighted by molar-refractivity contribution is 7.48. The first-order valence-electron chi connectivity index (χ1n) is 2.91. The van der Waals surface area contributed by atoms with Crippen LogP contribution in [0.1, 0.15) is 20.8 Å². The van der Waals surface area contributed by atoms with E-state index in [-0.39, 0.29) is 5.16 Å². The third kappa shape index (κ3) is 3.14. The minimum absolute atomic E-state index is 0.138. The molecule has 0 heterocycles. The highest BCUT2D eigenvalue weighted by Gasteiger charge is 2.24. The molecule has 0 aromatic rings. The standard InChI is InChI=1S/C6H15O2P/c1-6(2,3)9(7-4)8-5/h1-5H3. The Kier molecular flexibility index (Phi) is 3.64. The van der Waals surface area contributed by atoms with Crippen LogP contribution in [0.3, 0.4) is 0 Å². The van der Waals surface area contributed by atoms with E-state index in [0.29, 0.717) is 0 Å². The van der Waals surface area contributed by atoms with Gasteiger partial charge in [0.05, 0.1) is 0 Å². The third-order valence-corrected chi connectivity index (χ3v) is 2.64. The van der Waals surface area contributed by atoms with E-state index in [4.69, 9.17) is 9.05 Å². The predicted octanol–water partition coefficient (Wildman–Crippen LogP) is 2.39. The summed E-state index contributed by atoms with van der Waals surface area (Å²) in [6, 6.07) is 0. The van der Waals surface area contributed by atoms with Gasteiger partial charge in [-0.1, -0.05) is 20.8 Å². The highest BCUT2D eigenvalue weighted by Crippen LogP contribution is 2.49. The zero-order valence-electron chi connectivity index (χ0n) is 6.76. The van der Waals surface area contributed by atoms with Gasteiger partial charge in [-0.15, -0.1) is 0 Å². The van der Waals surface area contributed by atoms with Gasteiger partial charge >= 0.3 is 0 Å². The van der Waals surface area contributed by atoms with Crippen molar-refractivity contribution in [3.8, 4) is 0 Å². The Morgan fingerprint density at radius 2 is 1.33 bits per heavy atom. The molecule has 2 nitrogen and oxygen atoms in total. The van der Waals surface area contributed by atoms with Crippen molar-refractivity contribution >= 4 is 8.38 Å². The van der Waals surface area contributed by atoms with Gasteiger partial charge < -0.3 is 9.05 Å². The first-order valence-corrected chi connectivity index (χ1v) is 4.08. The molecule has 0 aromatic heterocycles. The van der Waals surface area contributed by atoms with Crippen LogP contribution in [0.2, 0.25) is 0 Å². The smallest absolute Gasteiger partial charge is 0.175 e. The summed E-state index contributed by atoms with van der Waals surface area (Å²) in [7, 11) is 2.66. The maximum Gasteiger partial charge on any atom is 0.175 e. The molecule has 0 saturated carbocycles. The number of hydrogen-bond donors (Lipinski definition) is 0. The molecule has 0 fully saturated rings. The van der Waals surface area contributed by atoms with Crippen molar-refractivity contribution in [2.75, 3.05) is 14.2 Å². The van der Waals surface area contributed by atoms with Gasteiger partial charge in [0.25, 0.3) is 0 Å². The Balaban J connectivity index is 3.79. The van der Waals surface area contributed by atoms with E-state index in [1.54, 1.807) is 14.2 Å². The molecule has 0 aliphatic heterocycles. The molecule has 0 N–H and O–H groups in total. The zero-order valence-corrected chi connectivity index (χ0v) is 7.66. The lowest BCUT2D eigenvalue weighted by atomic mass is 10.3. The van der Waals surface area contributed by atoms with Gasteiger partial charge in [-0.05, 0) is 0 Å². The second-order valence-electron chi connectivity index (χ2n) is 2.79. The van der Waals surface area contributed by atoms with E-state index in [9.17, 15) is 0 Å². The average molecular weight is 150 g/mol. The second-order valence-corrected chi connectivity index (χ2v) is 5.38. The fourth-order valence-electron chi connectivity index (χ4n) is 0.622. The molecule has 9 heavy (non-hydrogen) atoms. The largest absolute Gasteiger partial charge is 0.337 e. The van der Waals surface area contributed by atoms with Crippen LogP contribution in [-0.2, 0) is 9.05 Å². The number of rotatable bonds is 2. The SMILES string of the molecule is COP(OC)C(C)(C)C. The van der Waals surface area contributed by atoms with Gasteiger partial charge in [0.2, 0.25) is 0 Å². The minimum Gasteiger partial charge on any atom is -0.337 e. The molecule has 0 bridgehead atoms. The van der Waals surface area contributed by atoms with Crippen molar-refractivity contribution in [3.63, 3.8) is 0 Å². The number of hydrogen-bond acceptors (Lipinski definition) is 2. The fraction of sp³-hybridized carbons (Fsp3) is 1.00. The van der Waals surface area contributed by atoms with Crippen LogP contribution in [0.25, 0.3) is 0 Å². The summed E-state index contributed by atoms with van der Waals surface area (Å²) in [6.45, 7) is 6.31. The molecule has 0 spiro atoms. The molecule has 0 aliphatic rings. The topological polar surface area (TPSA) is 18.5 Å². The Morgan fingerprint density at radius 3 is 1.33 bits per heavy atom. The lowest BCUT2D eigenvalue weighted by Crippen LogP contribution is -2.12. The van der Waals surface area contributed by atoms with Crippen LogP contribution in [-0.4, -0.2) is 19.4 Å². The molecule has 0 unspecified atom stereocenters. The van der Waals surface area contributed by atoms with Crippen LogP contribution in [0, 0.1) is 0 Å². The van der Waals surface area contributed by atoms with E-state index in [2.05, 4.69) is 20.8 Å². The van der Waals surface area contributed by atoms with Crippen molar-refractivity contribution < 1.29 is 9.05 Å². The monoisotopic (exact) mass is 150 g/mol. The van der Waals surface area contributed by atoms with Crippen molar-refractivity contribution in [1.29, 1.82) is 0 Å². The quantitative estimate of drug-likeness (QED) is 0.562. The van der Waals surface area contributed by atoms with Crippen LogP contribution in [0.4, 0.5) is 0 Å². The Morgan fingerprint density at radius 1 is 1.00 bits per heavy atom. The van der Waals surface area contributed by atoms with Gasteiger partial charge in [-0.25, -0.2) is 0 Å². The van der Waals surface area contributed by atoms with Gasteiger partial charge in [0.15, 0.2) is 8.38 Å². The van der Waals surface area contributed by atoms with Crippen molar-refractivity contribution in [1.82, 2.24) is 0 Å². The minimum atomic E-state index is -0.697. The average Bonchev–Trinajstić information content (AvgIpc) is 1.65. The highest BCUT2D eigenvalue weighted by atomic mass is 31.2. The Labute approximate surface area is 58.5 Å². The summed E-state index contributed by atoms with van der Waals surface area (Å²) >= 11 is 0. The van der Waals surface area contributed by atoms with E-state index < -0.39 is 8.38 Å². The lowest BCUT2D eigenvalue weighted by molar-refractivity contribution is 0.320. The van der Waals surface area contributed by atoms with E-state index >= 15 is 0 Å². The molecule has 3 heteroatoms. The third-order valence-electron chi connectivity index (χ3n) is 0.879. The van der Waals surface area contributed by atoms with E-state index in [1.165, 1.54) is 0 Å². The molecule has 56 valence electrons. The van der Waals surface area contributed by atoms with Crippen LogP contribution >= 0.6 is 8.38 Å². The molecule has 0 radical (unpaired) electrons. The normalized spacial score (nSPS) is 12.7. The first-order chi connectivity index (χ1) is 4.02. The van der Waals surface area contributed by atoms with Gasteiger partial charge in [-0.3, -0.25) is 0 Å². The predicted molar refractivity (Wildman–Crippen MR) is 40.7 cm³/mol. The van der Waals surface area contributed by atoms with Crippen molar-refractivity contribution in [2.24, 2.45) is 0 Å². The first kappa shape index (κ1) is 9.35. The second kappa shape index (κ2) is 3.50. The Bertz CT molecular complexity index is 73.6. The molecule has 0 aliphatic carbocycles. The summed E-state index contributed by atoms with van der Waals surface area (Å²) in [5.74, 6) is 0. The fourth-order valence-corrected chi connectivity index (χ4v) is 1.87. The van der Waals surface area contributed by atoms with Gasteiger partial charge in [0, 0.05) is 19.4 Å². The van der Waals surface area contributed by atoms with Crippen LogP contribution in [0.5, 0.6) is 0 Å². The molecule has 0 rings (SSSR count). The zero-order chi connectivity index (χ0) is 7.49. The van der Waals surface area contributed by atoms with Gasteiger partial charge in [-0.2, -0.15) is 0 Å². The maximum atomic E-state index is 5.11. The molecule has 0 atom stereocenters. The lowest BCUT2D eigenvalue weighted by Gasteiger charge is -2.25. The summed E-state index contributed by atoms with van der Waals surface area (Å²) in [4.78, 5) is 0. The van der Waals surface area contributed by atoms with E-state index in [0.717, 1.165) is 0 Å². The van der Waals surface area contributed by atoms with E-state index in [1.807, 2.05) is 0 Å². The van der Waals surface area contributed by atoms with Crippen molar-refractivity contribution in [2.45, 2.75) is 25.9 Å². The maximum absolute atomic E-state index is 5.11. The van der Waals surface area contributed by atoms with Crippen LogP contribution in [0.15, 0.2) is 0 Å². The molecule has 0 amide bonds. The molecule has 0 aromatic carbocycles. The summed E-state index contributed by atoms with van der Waals surface area (Å²) in [6.07, 6.45) is 0. The molecular weight excluding hydrogens is 135 g/mol. The Hall–Kier alpha value is 0.350. The van der Waals surface area contributed by atoms with Crippen LogP contribution < -0.4 is 0 Å². The van der Waals surface area contributed by atoms with Crippen molar-refractivity contribution in [3.05, 3.63) is 0 Å². The van der Waals surface area contributed by atoms with Gasteiger partial charge in [0.1, 0.15) is 0 Å². The summed E-state index contributed by atoms with van der Waals surface area (Å²) in [5, 5.41) is 0.138. The summed E-state index contributed by atoms with van der Waals surface area (Å²) < 4.78 is 10.2. The molecule has 0 saturated heterocycles. The molecular formula is C6H15O2P. The summed E-state index contributed by atoms with van der Waals surface area (Å²) in [5.41, 5.74) is 0.